The minimum atomic E-state index is -0.291. The van der Waals surface area contributed by atoms with Gasteiger partial charge in [0.05, 0.1) is 6.26 Å². The molecule has 0 amide bonds. The molecule has 0 aliphatic heterocycles. The third-order valence-corrected chi connectivity index (χ3v) is 2.52. The molecule has 0 heterocycles. The number of hydrogen-bond donors (Lipinski definition) is 0. The highest BCUT2D eigenvalue weighted by Gasteiger charge is 2.02. The van der Waals surface area contributed by atoms with Gasteiger partial charge in [-0.05, 0) is 19.8 Å². The summed E-state index contributed by atoms with van der Waals surface area (Å²) in [7, 11) is 0. The summed E-state index contributed by atoms with van der Waals surface area (Å²) >= 11 is 0. The second-order valence-corrected chi connectivity index (χ2v) is 4.02. The van der Waals surface area contributed by atoms with Crippen LogP contribution in [-0.2, 0) is 9.53 Å². The van der Waals surface area contributed by atoms with E-state index < -0.39 is 0 Å². The van der Waals surface area contributed by atoms with Crippen LogP contribution in [0.1, 0.15) is 58.8 Å². The molecule has 92 valence electrons. The number of esters is 1. The van der Waals surface area contributed by atoms with Crippen molar-refractivity contribution >= 4 is 5.97 Å². The zero-order valence-corrected chi connectivity index (χ0v) is 10.6. The van der Waals surface area contributed by atoms with Crippen LogP contribution in [0.4, 0.5) is 0 Å². The minimum Gasteiger partial charge on any atom is -0.432 e. The molecule has 0 spiro atoms. The summed E-state index contributed by atoms with van der Waals surface area (Å²) in [6.45, 7) is 7.35. The van der Waals surface area contributed by atoms with Gasteiger partial charge in [0.15, 0.2) is 0 Å². The van der Waals surface area contributed by atoms with Crippen molar-refractivity contribution < 1.29 is 9.53 Å². The number of allylic oxidation sites excluding steroid dienone is 1. The van der Waals surface area contributed by atoms with Gasteiger partial charge in [-0.1, -0.05) is 51.7 Å². The van der Waals surface area contributed by atoms with Crippen LogP contribution in [-0.4, -0.2) is 5.97 Å². The SMILES string of the molecule is C=COC(=O)C(C)=CCCCCCCCC. The largest absolute Gasteiger partial charge is 0.432 e. The molecule has 0 saturated carbocycles. The average Bonchev–Trinajstić information content (AvgIpc) is 2.28. The second kappa shape index (κ2) is 10.5. The third-order valence-electron chi connectivity index (χ3n) is 2.52. The molecular formula is C14H24O2. The highest BCUT2D eigenvalue weighted by Crippen LogP contribution is 2.08. The lowest BCUT2D eigenvalue weighted by molar-refractivity contribution is -0.133. The molecule has 0 unspecified atom stereocenters. The van der Waals surface area contributed by atoms with Crippen molar-refractivity contribution in [2.24, 2.45) is 0 Å². The molecule has 0 aromatic carbocycles. The van der Waals surface area contributed by atoms with E-state index >= 15 is 0 Å². The number of ether oxygens (including phenoxy) is 1. The van der Waals surface area contributed by atoms with Gasteiger partial charge in [-0.15, -0.1) is 0 Å². The second-order valence-electron chi connectivity index (χ2n) is 4.02. The smallest absolute Gasteiger partial charge is 0.338 e. The van der Waals surface area contributed by atoms with Crippen LogP contribution in [0, 0.1) is 0 Å². The van der Waals surface area contributed by atoms with Gasteiger partial charge in [0.25, 0.3) is 0 Å². The van der Waals surface area contributed by atoms with Crippen molar-refractivity contribution in [1.82, 2.24) is 0 Å². The number of rotatable bonds is 9. The average molecular weight is 224 g/mol. The van der Waals surface area contributed by atoms with Gasteiger partial charge in [0.2, 0.25) is 0 Å². The maximum atomic E-state index is 11.2. The summed E-state index contributed by atoms with van der Waals surface area (Å²) in [5.74, 6) is -0.291. The fourth-order valence-corrected chi connectivity index (χ4v) is 1.50. The molecule has 0 aliphatic rings. The Bertz CT molecular complexity index is 229. The Morgan fingerprint density at radius 2 is 1.81 bits per heavy atom. The van der Waals surface area contributed by atoms with E-state index in [4.69, 9.17) is 0 Å². The summed E-state index contributed by atoms with van der Waals surface area (Å²) < 4.78 is 4.67. The Hall–Kier alpha value is -1.05. The van der Waals surface area contributed by atoms with Gasteiger partial charge < -0.3 is 4.74 Å². The molecular weight excluding hydrogens is 200 g/mol. The monoisotopic (exact) mass is 224 g/mol. The van der Waals surface area contributed by atoms with E-state index in [9.17, 15) is 4.79 Å². The standard InChI is InChI=1S/C14H24O2/c1-4-6-7-8-9-10-11-12-13(3)14(15)16-5-2/h5,12H,2,4,6-11H2,1,3H3. The first kappa shape index (κ1) is 14.9. The molecule has 2 heteroatoms. The van der Waals surface area contributed by atoms with Crippen molar-refractivity contribution in [1.29, 1.82) is 0 Å². The molecule has 0 atom stereocenters. The van der Waals surface area contributed by atoms with Crippen molar-refractivity contribution in [3.63, 3.8) is 0 Å². The molecule has 0 saturated heterocycles. The Morgan fingerprint density at radius 1 is 1.19 bits per heavy atom. The van der Waals surface area contributed by atoms with Gasteiger partial charge in [0.1, 0.15) is 0 Å². The first-order chi connectivity index (χ1) is 7.72. The van der Waals surface area contributed by atoms with Crippen LogP contribution in [0.2, 0.25) is 0 Å². The lowest BCUT2D eigenvalue weighted by Crippen LogP contribution is -2.00. The first-order valence-corrected chi connectivity index (χ1v) is 6.21. The molecule has 0 radical (unpaired) electrons. The summed E-state index contributed by atoms with van der Waals surface area (Å²) in [6, 6.07) is 0. The molecule has 0 aromatic rings. The lowest BCUT2D eigenvalue weighted by atomic mass is 10.1. The molecule has 0 aromatic heterocycles. The third kappa shape index (κ3) is 8.27. The first-order valence-electron chi connectivity index (χ1n) is 6.21. The Morgan fingerprint density at radius 3 is 2.44 bits per heavy atom. The quantitative estimate of drug-likeness (QED) is 0.251. The van der Waals surface area contributed by atoms with Crippen LogP contribution >= 0.6 is 0 Å². The molecule has 0 N–H and O–H groups in total. The number of hydrogen-bond acceptors (Lipinski definition) is 2. The van der Waals surface area contributed by atoms with Gasteiger partial charge in [-0.2, -0.15) is 0 Å². The molecule has 0 bridgehead atoms. The molecule has 0 fully saturated rings. The van der Waals surface area contributed by atoms with E-state index in [1.165, 1.54) is 38.4 Å². The summed E-state index contributed by atoms with van der Waals surface area (Å²) in [5, 5.41) is 0. The van der Waals surface area contributed by atoms with Crippen LogP contribution in [0.3, 0.4) is 0 Å². The lowest BCUT2D eigenvalue weighted by Gasteiger charge is -2.00. The predicted octanol–water partition coefficient (Wildman–Crippen LogP) is 4.37. The highest BCUT2D eigenvalue weighted by molar-refractivity contribution is 5.88. The maximum absolute atomic E-state index is 11.2. The fourth-order valence-electron chi connectivity index (χ4n) is 1.50. The Balaban J connectivity index is 3.51. The van der Waals surface area contributed by atoms with Gasteiger partial charge in [-0.3, -0.25) is 0 Å². The van der Waals surface area contributed by atoms with Crippen LogP contribution in [0.5, 0.6) is 0 Å². The van der Waals surface area contributed by atoms with Crippen molar-refractivity contribution in [3.8, 4) is 0 Å². The number of carbonyl (C=O) groups excluding carboxylic acids is 1. The van der Waals surface area contributed by atoms with Crippen LogP contribution < -0.4 is 0 Å². The van der Waals surface area contributed by atoms with E-state index in [2.05, 4.69) is 18.2 Å². The molecule has 2 nitrogen and oxygen atoms in total. The highest BCUT2D eigenvalue weighted by atomic mass is 16.5. The fraction of sp³-hybridized carbons (Fsp3) is 0.643. The topological polar surface area (TPSA) is 26.3 Å². The number of unbranched alkanes of at least 4 members (excludes halogenated alkanes) is 6. The van der Waals surface area contributed by atoms with Crippen molar-refractivity contribution in [2.75, 3.05) is 0 Å². The van der Waals surface area contributed by atoms with Gasteiger partial charge in [0, 0.05) is 5.57 Å². The van der Waals surface area contributed by atoms with Crippen LogP contribution in [0.25, 0.3) is 0 Å². The minimum absolute atomic E-state index is 0.291. The Labute approximate surface area is 99.4 Å². The van der Waals surface area contributed by atoms with Gasteiger partial charge in [-0.25, -0.2) is 4.79 Å². The van der Waals surface area contributed by atoms with E-state index in [1.54, 1.807) is 6.92 Å². The summed E-state index contributed by atoms with van der Waals surface area (Å²) in [5.41, 5.74) is 0.674. The van der Waals surface area contributed by atoms with Crippen molar-refractivity contribution in [2.45, 2.75) is 58.8 Å². The predicted molar refractivity (Wildman–Crippen MR) is 68.0 cm³/mol. The molecule has 0 aliphatic carbocycles. The van der Waals surface area contributed by atoms with Crippen molar-refractivity contribution in [3.05, 3.63) is 24.5 Å². The zero-order valence-electron chi connectivity index (χ0n) is 10.6. The summed E-state index contributed by atoms with van der Waals surface area (Å²) in [4.78, 5) is 11.2. The Kier molecular flexibility index (Phi) is 9.78. The van der Waals surface area contributed by atoms with Crippen LogP contribution in [0.15, 0.2) is 24.5 Å². The normalized spacial score (nSPS) is 11.2. The van der Waals surface area contributed by atoms with E-state index in [0.29, 0.717) is 5.57 Å². The summed E-state index contributed by atoms with van der Waals surface area (Å²) in [6.07, 6.45) is 11.7. The molecule has 16 heavy (non-hydrogen) atoms. The van der Waals surface area contributed by atoms with E-state index in [0.717, 1.165) is 12.8 Å². The zero-order chi connectivity index (χ0) is 12.2. The number of carbonyl (C=O) groups is 1. The van der Waals surface area contributed by atoms with E-state index in [1.807, 2.05) is 6.08 Å². The van der Waals surface area contributed by atoms with Gasteiger partial charge >= 0.3 is 5.97 Å². The van der Waals surface area contributed by atoms with E-state index in [-0.39, 0.29) is 5.97 Å². The molecule has 0 rings (SSSR count). The maximum Gasteiger partial charge on any atom is 0.338 e.